The molecule has 1 nitrogen and oxygen atoms in total. The van der Waals surface area contributed by atoms with Crippen molar-refractivity contribution in [2.75, 3.05) is 0 Å². The van der Waals surface area contributed by atoms with Crippen LogP contribution >= 0.6 is 15.9 Å². The van der Waals surface area contributed by atoms with E-state index in [0.717, 1.165) is 0 Å². The van der Waals surface area contributed by atoms with Crippen LogP contribution in [0.4, 0.5) is 0 Å². The highest BCUT2D eigenvalue weighted by Gasteiger charge is 2.25. The number of rotatable bonds is 5. The topological polar surface area (TPSA) is 9.23 Å². The molecule has 0 aliphatic heterocycles. The number of hydrogen-bond acceptors (Lipinski definition) is 1. The van der Waals surface area contributed by atoms with Crippen molar-refractivity contribution in [3.8, 4) is 0 Å². The van der Waals surface area contributed by atoms with Gasteiger partial charge in [0.05, 0.1) is 17.0 Å². The van der Waals surface area contributed by atoms with Gasteiger partial charge in [-0.15, -0.1) is 6.58 Å². The van der Waals surface area contributed by atoms with Crippen LogP contribution in [0.2, 0.25) is 0 Å². The van der Waals surface area contributed by atoms with Crippen molar-refractivity contribution in [1.29, 1.82) is 0 Å². The summed E-state index contributed by atoms with van der Waals surface area (Å²) in [4.78, 5) is 0.161. The number of alkyl halides is 1. The Morgan fingerprint density at radius 2 is 2.00 bits per heavy atom. The molecule has 0 aliphatic carbocycles. The molecule has 1 aromatic rings. The van der Waals surface area contributed by atoms with Crippen molar-refractivity contribution in [2.45, 2.75) is 30.9 Å². The summed E-state index contributed by atoms with van der Waals surface area (Å²) in [6.45, 7) is 8.49. The first-order valence-corrected chi connectivity index (χ1v) is 5.92. The molecule has 1 atom stereocenters. The molecule has 82 valence electrons. The van der Waals surface area contributed by atoms with Gasteiger partial charge in [0.15, 0.2) is 0 Å². The van der Waals surface area contributed by atoms with Gasteiger partial charge in [0, 0.05) is 0 Å². The Morgan fingerprint density at radius 3 is 2.53 bits per heavy atom. The number of ether oxygens (including phenoxy) is 1. The molecule has 1 aromatic carbocycles. The second kappa shape index (κ2) is 5.47. The number of hydrogen-bond donors (Lipinski definition) is 0. The number of benzene rings is 1. The Hall–Kier alpha value is -0.600. The molecular formula is C13H17BrO. The van der Waals surface area contributed by atoms with Crippen LogP contribution in [-0.2, 0) is 11.3 Å². The molecule has 0 spiro atoms. The summed E-state index contributed by atoms with van der Waals surface area (Å²) in [5, 5.41) is 0. The second-order valence-corrected chi connectivity index (χ2v) is 5.00. The van der Waals surface area contributed by atoms with Crippen molar-refractivity contribution in [3.05, 3.63) is 48.6 Å². The maximum Gasteiger partial charge on any atom is 0.0790 e. The molecule has 0 radical (unpaired) electrons. The summed E-state index contributed by atoms with van der Waals surface area (Å²) >= 11 is 3.53. The Labute approximate surface area is 100 Å². The molecular weight excluding hydrogens is 252 g/mol. The van der Waals surface area contributed by atoms with E-state index in [9.17, 15) is 0 Å². The highest BCUT2D eigenvalue weighted by Crippen LogP contribution is 2.24. The first-order valence-electron chi connectivity index (χ1n) is 5.01. The molecule has 2 heteroatoms. The van der Waals surface area contributed by atoms with E-state index in [1.807, 2.05) is 24.3 Å². The standard InChI is InChI=1S/C13H17BrO/c1-4-12(14)13(2,3)15-10-11-8-6-5-7-9-11/h4-9,12H,1,10H2,2-3H3. The zero-order valence-electron chi connectivity index (χ0n) is 9.24. The molecule has 0 N–H and O–H groups in total. The van der Waals surface area contributed by atoms with Gasteiger partial charge in [0.1, 0.15) is 0 Å². The van der Waals surface area contributed by atoms with E-state index in [2.05, 4.69) is 48.5 Å². The van der Waals surface area contributed by atoms with Gasteiger partial charge in [0.2, 0.25) is 0 Å². The zero-order valence-corrected chi connectivity index (χ0v) is 10.8. The highest BCUT2D eigenvalue weighted by atomic mass is 79.9. The third-order valence-electron chi connectivity index (χ3n) is 2.32. The fraction of sp³-hybridized carbons (Fsp3) is 0.385. The van der Waals surface area contributed by atoms with Crippen molar-refractivity contribution in [2.24, 2.45) is 0 Å². The van der Waals surface area contributed by atoms with E-state index in [4.69, 9.17) is 4.74 Å². The van der Waals surface area contributed by atoms with Crippen LogP contribution in [0.15, 0.2) is 43.0 Å². The monoisotopic (exact) mass is 268 g/mol. The molecule has 0 heterocycles. The Morgan fingerprint density at radius 1 is 1.40 bits per heavy atom. The van der Waals surface area contributed by atoms with E-state index >= 15 is 0 Å². The minimum atomic E-state index is -0.239. The molecule has 1 unspecified atom stereocenters. The van der Waals surface area contributed by atoms with Crippen LogP contribution in [0.25, 0.3) is 0 Å². The summed E-state index contributed by atoms with van der Waals surface area (Å²) < 4.78 is 5.85. The SMILES string of the molecule is C=CC(Br)C(C)(C)OCc1ccccc1. The van der Waals surface area contributed by atoms with E-state index in [1.54, 1.807) is 0 Å². The molecule has 1 rings (SSSR count). The maximum absolute atomic E-state index is 5.85. The van der Waals surface area contributed by atoms with Crippen LogP contribution in [0, 0.1) is 0 Å². The van der Waals surface area contributed by atoms with Crippen molar-refractivity contribution in [1.82, 2.24) is 0 Å². The zero-order chi connectivity index (χ0) is 11.3. The van der Waals surface area contributed by atoms with Gasteiger partial charge in [0.25, 0.3) is 0 Å². The van der Waals surface area contributed by atoms with Crippen molar-refractivity contribution >= 4 is 15.9 Å². The lowest BCUT2D eigenvalue weighted by molar-refractivity contribution is -0.0217. The van der Waals surface area contributed by atoms with Gasteiger partial charge in [-0.05, 0) is 19.4 Å². The third kappa shape index (κ3) is 3.80. The maximum atomic E-state index is 5.85. The average molecular weight is 269 g/mol. The molecule has 0 saturated carbocycles. The van der Waals surface area contributed by atoms with E-state index in [0.29, 0.717) is 6.61 Å². The quantitative estimate of drug-likeness (QED) is 0.581. The lowest BCUT2D eigenvalue weighted by Crippen LogP contribution is -2.33. The average Bonchev–Trinajstić information content (AvgIpc) is 2.27. The molecule has 0 fully saturated rings. The summed E-state index contributed by atoms with van der Waals surface area (Å²) in [5.41, 5.74) is 0.951. The first-order chi connectivity index (χ1) is 7.06. The normalized spacial score (nSPS) is 13.5. The van der Waals surface area contributed by atoms with E-state index < -0.39 is 0 Å². The fourth-order valence-corrected chi connectivity index (χ4v) is 1.34. The van der Waals surface area contributed by atoms with Gasteiger partial charge in [-0.2, -0.15) is 0 Å². The molecule has 0 aliphatic rings. The van der Waals surface area contributed by atoms with Crippen LogP contribution in [0.3, 0.4) is 0 Å². The molecule has 0 aromatic heterocycles. The van der Waals surface area contributed by atoms with Gasteiger partial charge in [-0.25, -0.2) is 0 Å². The molecule has 15 heavy (non-hydrogen) atoms. The van der Waals surface area contributed by atoms with Crippen molar-refractivity contribution < 1.29 is 4.74 Å². The van der Waals surface area contributed by atoms with Gasteiger partial charge < -0.3 is 4.74 Å². The van der Waals surface area contributed by atoms with Gasteiger partial charge in [-0.3, -0.25) is 0 Å². The summed E-state index contributed by atoms with van der Waals surface area (Å²) in [7, 11) is 0. The van der Waals surface area contributed by atoms with Crippen LogP contribution < -0.4 is 0 Å². The predicted octanol–water partition coefficient (Wildman–Crippen LogP) is 3.93. The van der Waals surface area contributed by atoms with E-state index in [1.165, 1.54) is 5.56 Å². The Balaban J connectivity index is 2.53. The minimum absolute atomic E-state index is 0.161. The molecule has 0 amide bonds. The fourth-order valence-electron chi connectivity index (χ4n) is 1.21. The van der Waals surface area contributed by atoms with Gasteiger partial charge >= 0.3 is 0 Å². The summed E-state index contributed by atoms with van der Waals surface area (Å²) in [6, 6.07) is 10.2. The van der Waals surface area contributed by atoms with Gasteiger partial charge in [-0.1, -0.05) is 52.3 Å². The summed E-state index contributed by atoms with van der Waals surface area (Å²) in [6.07, 6.45) is 1.85. The van der Waals surface area contributed by atoms with E-state index in [-0.39, 0.29) is 10.4 Å². The van der Waals surface area contributed by atoms with Crippen LogP contribution in [-0.4, -0.2) is 10.4 Å². The third-order valence-corrected chi connectivity index (χ3v) is 3.80. The Kier molecular flexibility index (Phi) is 4.55. The lowest BCUT2D eigenvalue weighted by atomic mass is 10.1. The minimum Gasteiger partial charge on any atom is -0.369 e. The summed E-state index contributed by atoms with van der Waals surface area (Å²) in [5.74, 6) is 0. The lowest BCUT2D eigenvalue weighted by Gasteiger charge is -2.28. The second-order valence-electron chi connectivity index (χ2n) is 4.02. The largest absolute Gasteiger partial charge is 0.369 e. The van der Waals surface area contributed by atoms with Crippen LogP contribution in [0.1, 0.15) is 19.4 Å². The predicted molar refractivity (Wildman–Crippen MR) is 68.2 cm³/mol. The number of halogens is 1. The molecule has 0 saturated heterocycles. The van der Waals surface area contributed by atoms with Crippen LogP contribution in [0.5, 0.6) is 0 Å². The smallest absolute Gasteiger partial charge is 0.0790 e. The molecule has 0 bridgehead atoms. The highest BCUT2D eigenvalue weighted by molar-refractivity contribution is 9.09. The van der Waals surface area contributed by atoms with Crippen molar-refractivity contribution in [3.63, 3.8) is 0 Å². The Bertz CT molecular complexity index is 306. The first kappa shape index (κ1) is 12.5.